The summed E-state index contributed by atoms with van der Waals surface area (Å²) in [5.74, 6) is 1.01. The van der Waals surface area contributed by atoms with E-state index in [1.165, 1.54) is 57.8 Å². The molecule has 33 heavy (non-hydrogen) atoms. The summed E-state index contributed by atoms with van der Waals surface area (Å²) in [5.41, 5.74) is 1.14. The number of anilines is 1. The predicted octanol–water partition coefficient (Wildman–Crippen LogP) is 8.66. The van der Waals surface area contributed by atoms with Crippen LogP contribution in [0.15, 0.2) is 57.8 Å². The van der Waals surface area contributed by atoms with Crippen LogP contribution >= 0.6 is 34.9 Å². The minimum absolute atomic E-state index is 0.0170. The van der Waals surface area contributed by atoms with Crippen molar-refractivity contribution in [1.82, 2.24) is 4.98 Å². The average Bonchev–Trinajstić information content (AvgIpc) is 3.29. The number of rotatable bonds is 15. The monoisotopic (exact) mass is 524 g/mol. The molecular formula is C25H33ClN2O2S3. The molecule has 0 unspecified atom stereocenters. The van der Waals surface area contributed by atoms with Crippen LogP contribution in [0.1, 0.15) is 71.1 Å². The number of nitrogens with zero attached hydrogens (tertiary/aromatic N) is 2. The molecule has 0 N–H and O–H groups in total. The SMILES string of the molecule is CCCCCCCCCCCCSc1cccc2sc(S(=O)(=O)N(Cl)c3ccccc3)nc12. The van der Waals surface area contributed by atoms with Crippen molar-refractivity contribution in [3.8, 4) is 0 Å². The van der Waals surface area contributed by atoms with E-state index >= 15 is 0 Å². The number of sulfonamides is 1. The molecule has 0 radical (unpaired) electrons. The van der Waals surface area contributed by atoms with Gasteiger partial charge in [0.2, 0.25) is 4.34 Å². The number of para-hydroxylation sites is 2. The zero-order valence-corrected chi connectivity index (χ0v) is 22.4. The largest absolute Gasteiger partial charge is 0.305 e. The van der Waals surface area contributed by atoms with Crippen LogP contribution in [0.25, 0.3) is 10.2 Å². The van der Waals surface area contributed by atoms with Gasteiger partial charge in [0, 0.05) is 16.7 Å². The van der Waals surface area contributed by atoms with Crippen molar-refractivity contribution in [2.24, 2.45) is 0 Å². The molecule has 180 valence electrons. The first kappa shape index (κ1) is 26.3. The van der Waals surface area contributed by atoms with Gasteiger partial charge in [-0.1, -0.05) is 89.0 Å². The Hall–Kier alpha value is -1.28. The van der Waals surface area contributed by atoms with Crippen LogP contribution in [0.4, 0.5) is 5.69 Å². The lowest BCUT2D eigenvalue weighted by molar-refractivity contribution is 0.563. The van der Waals surface area contributed by atoms with Crippen LogP contribution in [0, 0.1) is 0 Å². The van der Waals surface area contributed by atoms with E-state index in [1.807, 2.05) is 24.3 Å². The lowest BCUT2D eigenvalue weighted by Crippen LogP contribution is -2.21. The van der Waals surface area contributed by atoms with Gasteiger partial charge < -0.3 is 0 Å². The normalized spacial score (nSPS) is 11.8. The third-order valence-electron chi connectivity index (χ3n) is 5.51. The molecule has 0 fully saturated rings. The van der Waals surface area contributed by atoms with Crippen molar-refractivity contribution in [2.45, 2.75) is 80.4 Å². The first-order chi connectivity index (χ1) is 16.0. The molecule has 3 rings (SSSR count). The summed E-state index contributed by atoms with van der Waals surface area (Å²) in [5, 5.41) is 0. The van der Waals surface area contributed by atoms with Crippen LogP contribution in [0.3, 0.4) is 0 Å². The van der Waals surface area contributed by atoms with E-state index in [2.05, 4.69) is 11.9 Å². The Morgan fingerprint density at radius 3 is 2.18 bits per heavy atom. The Morgan fingerprint density at radius 1 is 0.879 bits per heavy atom. The van der Waals surface area contributed by atoms with Crippen LogP contribution in [0.2, 0.25) is 0 Å². The van der Waals surface area contributed by atoms with Crippen molar-refractivity contribution >= 4 is 60.8 Å². The number of hydrogen-bond donors (Lipinski definition) is 0. The minimum Gasteiger partial charge on any atom is -0.222 e. The summed E-state index contributed by atoms with van der Waals surface area (Å²) in [4.78, 5) is 5.51. The van der Waals surface area contributed by atoms with E-state index in [4.69, 9.17) is 11.8 Å². The van der Waals surface area contributed by atoms with Crippen LogP contribution in [0.5, 0.6) is 0 Å². The molecule has 0 aliphatic rings. The summed E-state index contributed by atoms with van der Waals surface area (Å²) in [7, 11) is -3.92. The molecular weight excluding hydrogens is 492 g/mol. The van der Waals surface area contributed by atoms with Gasteiger partial charge in [-0.15, -0.1) is 23.1 Å². The molecule has 0 saturated heterocycles. The Labute approximate surface area is 211 Å². The minimum atomic E-state index is -3.92. The summed E-state index contributed by atoms with van der Waals surface area (Å²) in [6, 6.07) is 14.5. The molecule has 3 aromatic rings. The molecule has 0 spiro atoms. The first-order valence-electron chi connectivity index (χ1n) is 11.8. The summed E-state index contributed by atoms with van der Waals surface area (Å²) >= 11 is 9.11. The van der Waals surface area contributed by atoms with Gasteiger partial charge in [-0.2, -0.15) is 12.2 Å². The number of hydrogen-bond acceptors (Lipinski definition) is 5. The lowest BCUT2D eigenvalue weighted by Gasteiger charge is -2.13. The molecule has 2 aromatic carbocycles. The van der Waals surface area contributed by atoms with Gasteiger partial charge in [0.05, 0.1) is 15.9 Å². The Morgan fingerprint density at radius 2 is 1.52 bits per heavy atom. The van der Waals surface area contributed by atoms with E-state index in [1.54, 1.807) is 36.0 Å². The fourth-order valence-corrected chi connectivity index (χ4v) is 7.57. The van der Waals surface area contributed by atoms with Crippen molar-refractivity contribution < 1.29 is 8.42 Å². The van der Waals surface area contributed by atoms with E-state index < -0.39 is 10.0 Å². The molecule has 0 aliphatic carbocycles. The quantitative estimate of drug-likeness (QED) is 0.113. The summed E-state index contributed by atoms with van der Waals surface area (Å²) < 4.78 is 27.7. The van der Waals surface area contributed by atoms with Crippen molar-refractivity contribution in [3.05, 3.63) is 48.5 Å². The number of aromatic nitrogens is 1. The Balaban J connectivity index is 1.51. The molecule has 8 heteroatoms. The second-order valence-corrected chi connectivity index (χ2v) is 12.8. The van der Waals surface area contributed by atoms with Gasteiger partial charge in [-0.3, -0.25) is 0 Å². The zero-order valence-electron chi connectivity index (χ0n) is 19.2. The summed E-state index contributed by atoms with van der Waals surface area (Å²) in [6.07, 6.45) is 13.2. The number of thioether (sulfide) groups is 1. The molecule has 0 bridgehead atoms. The highest BCUT2D eigenvalue weighted by atomic mass is 35.5. The van der Waals surface area contributed by atoms with Gasteiger partial charge in [-0.05, 0) is 36.4 Å². The van der Waals surface area contributed by atoms with Crippen LogP contribution < -0.4 is 3.82 Å². The fraction of sp³-hybridized carbons (Fsp3) is 0.480. The Bertz CT molecular complexity index is 1090. The first-order valence-corrected chi connectivity index (χ1v) is 15.4. The maximum absolute atomic E-state index is 13.0. The topological polar surface area (TPSA) is 50.3 Å². The van der Waals surface area contributed by atoms with E-state index in [0.717, 1.165) is 42.4 Å². The number of thiazole rings is 1. The average molecular weight is 525 g/mol. The second-order valence-electron chi connectivity index (χ2n) is 8.17. The molecule has 1 aromatic heterocycles. The number of halogens is 1. The van der Waals surface area contributed by atoms with Crippen LogP contribution in [-0.2, 0) is 10.0 Å². The molecule has 1 heterocycles. The number of benzene rings is 2. The molecule has 0 saturated carbocycles. The van der Waals surface area contributed by atoms with Gasteiger partial charge in [0.25, 0.3) is 0 Å². The predicted molar refractivity (Wildman–Crippen MR) is 144 cm³/mol. The maximum Gasteiger partial charge on any atom is 0.305 e. The number of unbranched alkanes of at least 4 members (excludes halogenated alkanes) is 9. The third kappa shape index (κ3) is 7.61. The molecule has 0 atom stereocenters. The summed E-state index contributed by atoms with van der Waals surface area (Å²) in [6.45, 7) is 2.26. The zero-order chi connectivity index (χ0) is 23.5. The maximum atomic E-state index is 13.0. The van der Waals surface area contributed by atoms with Crippen molar-refractivity contribution in [3.63, 3.8) is 0 Å². The van der Waals surface area contributed by atoms with Crippen LogP contribution in [-0.4, -0.2) is 19.2 Å². The van der Waals surface area contributed by atoms with Crippen molar-refractivity contribution in [2.75, 3.05) is 9.58 Å². The third-order valence-corrected chi connectivity index (χ3v) is 10.2. The van der Waals surface area contributed by atoms with Gasteiger partial charge in [0.1, 0.15) is 0 Å². The van der Waals surface area contributed by atoms with Gasteiger partial charge in [0.15, 0.2) is 0 Å². The highest BCUT2D eigenvalue weighted by Gasteiger charge is 2.28. The molecule has 0 aliphatic heterocycles. The van der Waals surface area contributed by atoms with E-state index in [0.29, 0.717) is 5.69 Å². The van der Waals surface area contributed by atoms with Gasteiger partial charge >= 0.3 is 10.0 Å². The standard InChI is InChI=1S/C25H33ClN2O2S3/c1-2-3-4-5-6-7-8-9-10-14-20-31-22-18-15-19-23-24(22)27-25(32-23)33(29,30)28(26)21-16-12-11-13-17-21/h11-13,15-19H,2-10,14,20H2,1H3. The van der Waals surface area contributed by atoms with Crippen molar-refractivity contribution in [1.29, 1.82) is 0 Å². The highest BCUT2D eigenvalue weighted by Crippen LogP contribution is 2.35. The highest BCUT2D eigenvalue weighted by molar-refractivity contribution is 7.99. The fourth-order valence-electron chi connectivity index (χ4n) is 3.65. The Kier molecular flexibility index (Phi) is 10.8. The van der Waals surface area contributed by atoms with E-state index in [9.17, 15) is 8.42 Å². The molecule has 0 amide bonds. The smallest absolute Gasteiger partial charge is 0.222 e. The lowest BCUT2D eigenvalue weighted by atomic mass is 10.1. The second kappa shape index (κ2) is 13.6. The molecule has 4 nitrogen and oxygen atoms in total. The van der Waals surface area contributed by atoms with Gasteiger partial charge in [-0.25, -0.2) is 4.98 Å². The number of fused-ring (bicyclic) bond motifs is 1. The van der Waals surface area contributed by atoms with E-state index in [-0.39, 0.29) is 4.34 Å².